The van der Waals surface area contributed by atoms with E-state index in [1.165, 1.54) is 7.11 Å². The van der Waals surface area contributed by atoms with E-state index in [4.69, 9.17) is 25.8 Å². The van der Waals surface area contributed by atoms with Gasteiger partial charge in [-0.15, -0.1) is 0 Å². The molecule has 1 heterocycles. The number of nitrogens with one attached hydrogen (secondary N) is 1. The maximum absolute atomic E-state index is 12.4. The van der Waals surface area contributed by atoms with Crippen LogP contribution in [0.3, 0.4) is 0 Å². The lowest BCUT2D eigenvalue weighted by atomic mass is 10.1. The second-order valence-corrected chi connectivity index (χ2v) is 5.77. The molecule has 0 bridgehead atoms. The standard InChI is InChI=1S/C18H18ClNO4/c1-22-15-10-13(11-16-17(15)24-9-8-23-16)18(21)20-7-6-12-2-4-14(19)5-3-12/h2-5,10-11H,6-9H2,1H3,(H,20,21). The van der Waals surface area contributed by atoms with Crippen LogP contribution in [0.15, 0.2) is 36.4 Å². The van der Waals surface area contributed by atoms with Gasteiger partial charge in [0.05, 0.1) is 7.11 Å². The van der Waals surface area contributed by atoms with Gasteiger partial charge in [-0.3, -0.25) is 4.79 Å². The summed E-state index contributed by atoms with van der Waals surface area (Å²) < 4.78 is 16.4. The lowest BCUT2D eigenvalue weighted by molar-refractivity contribution is 0.0952. The van der Waals surface area contributed by atoms with Crippen molar-refractivity contribution in [3.8, 4) is 17.2 Å². The maximum atomic E-state index is 12.4. The number of hydrogen-bond donors (Lipinski definition) is 1. The average molecular weight is 348 g/mol. The van der Waals surface area contributed by atoms with E-state index in [9.17, 15) is 4.79 Å². The van der Waals surface area contributed by atoms with E-state index in [1.807, 2.05) is 24.3 Å². The van der Waals surface area contributed by atoms with Crippen molar-refractivity contribution in [1.82, 2.24) is 5.32 Å². The normalized spacial score (nSPS) is 12.6. The van der Waals surface area contributed by atoms with Crippen LogP contribution < -0.4 is 19.5 Å². The number of carbonyl (C=O) groups is 1. The number of rotatable bonds is 5. The summed E-state index contributed by atoms with van der Waals surface area (Å²) >= 11 is 5.86. The Kier molecular flexibility index (Phi) is 5.11. The lowest BCUT2D eigenvalue weighted by Crippen LogP contribution is -2.26. The van der Waals surface area contributed by atoms with Crippen LogP contribution in [0.1, 0.15) is 15.9 Å². The van der Waals surface area contributed by atoms with E-state index >= 15 is 0 Å². The second-order valence-electron chi connectivity index (χ2n) is 5.34. The van der Waals surface area contributed by atoms with Crippen molar-refractivity contribution in [2.24, 2.45) is 0 Å². The SMILES string of the molecule is COc1cc(C(=O)NCCc2ccc(Cl)cc2)cc2c1OCCO2. The fourth-order valence-electron chi connectivity index (χ4n) is 2.48. The third-order valence-corrected chi connectivity index (χ3v) is 3.95. The molecular weight excluding hydrogens is 330 g/mol. The first-order valence-electron chi connectivity index (χ1n) is 7.67. The lowest BCUT2D eigenvalue weighted by Gasteiger charge is -2.21. The highest BCUT2D eigenvalue weighted by Gasteiger charge is 2.20. The van der Waals surface area contributed by atoms with Crippen LogP contribution in [0.4, 0.5) is 0 Å². The summed E-state index contributed by atoms with van der Waals surface area (Å²) in [6.07, 6.45) is 0.727. The van der Waals surface area contributed by atoms with Crippen molar-refractivity contribution >= 4 is 17.5 Å². The van der Waals surface area contributed by atoms with E-state index in [1.54, 1.807) is 12.1 Å². The molecule has 126 valence electrons. The molecule has 0 radical (unpaired) electrons. The summed E-state index contributed by atoms with van der Waals surface area (Å²) in [6.45, 7) is 1.45. The van der Waals surface area contributed by atoms with Gasteiger partial charge in [0.15, 0.2) is 11.5 Å². The minimum absolute atomic E-state index is 0.181. The highest BCUT2D eigenvalue weighted by Crippen LogP contribution is 2.40. The van der Waals surface area contributed by atoms with Crippen molar-refractivity contribution < 1.29 is 19.0 Å². The number of carbonyl (C=O) groups excluding carboxylic acids is 1. The van der Waals surface area contributed by atoms with Crippen molar-refractivity contribution in [3.63, 3.8) is 0 Å². The molecule has 3 rings (SSSR count). The van der Waals surface area contributed by atoms with E-state index in [0.717, 1.165) is 12.0 Å². The Bertz CT molecular complexity index is 713. The van der Waals surface area contributed by atoms with Gasteiger partial charge < -0.3 is 19.5 Å². The van der Waals surface area contributed by atoms with Crippen LogP contribution in [0.5, 0.6) is 17.2 Å². The van der Waals surface area contributed by atoms with Gasteiger partial charge in [-0.05, 0) is 36.2 Å². The van der Waals surface area contributed by atoms with Gasteiger partial charge in [-0.25, -0.2) is 0 Å². The van der Waals surface area contributed by atoms with Gasteiger partial charge >= 0.3 is 0 Å². The Hall–Kier alpha value is -2.40. The average Bonchev–Trinajstić information content (AvgIpc) is 2.62. The Balaban J connectivity index is 1.65. The van der Waals surface area contributed by atoms with Gasteiger partial charge in [0.25, 0.3) is 5.91 Å². The molecule has 24 heavy (non-hydrogen) atoms. The number of fused-ring (bicyclic) bond motifs is 1. The molecule has 1 N–H and O–H groups in total. The van der Waals surface area contributed by atoms with Crippen molar-refractivity contribution in [1.29, 1.82) is 0 Å². The fourth-order valence-corrected chi connectivity index (χ4v) is 2.60. The number of halogens is 1. The Labute approximate surface area is 145 Å². The van der Waals surface area contributed by atoms with Crippen LogP contribution in [-0.4, -0.2) is 32.8 Å². The predicted molar refractivity (Wildman–Crippen MR) is 91.5 cm³/mol. The molecule has 0 unspecified atom stereocenters. The number of methoxy groups -OCH3 is 1. The topological polar surface area (TPSA) is 56.8 Å². The molecule has 0 atom stereocenters. The summed E-state index contributed by atoms with van der Waals surface area (Å²) in [5.74, 6) is 1.39. The van der Waals surface area contributed by atoms with Crippen LogP contribution in [0, 0.1) is 0 Å². The molecule has 2 aromatic carbocycles. The molecule has 0 saturated heterocycles. The van der Waals surface area contributed by atoms with Crippen LogP contribution in [0.2, 0.25) is 5.02 Å². The predicted octanol–water partition coefficient (Wildman–Crippen LogP) is 3.09. The first-order chi connectivity index (χ1) is 11.7. The van der Waals surface area contributed by atoms with Crippen LogP contribution >= 0.6 is 11.6 Å². The van der Waals surface area contributed by atoms with E-state index < -0.39 is 0 Å². The minimum Gasteiger partial charge on any atom is -0.493 e. The molecule has 0 aliphatic carbocycles. The molecular formula is C18H18ClNO4. The monoisotopic (exact) mass is 347 g/mol. The second kappa shape index (κ2) is 7.45. The Morgan fingerprint density at radius 2 is 1.96 bits per heavy atom. The summed E-state index contributed by atoms with van der Waals surface area (Å²) in [7, 11) is 1.54. The summed E-state index contributed by atoms with van der Waals surface area (Å²) in [6, 6.07) is 10.9. The van der Waals surface area contributed by atoms with Gasteiger partial charge in [0, 0.05) is 17.1 Å². The zero-order chi connectivity index (χ0) is 16.9. The molecule has 0 saturated carbocycles. The summed E-state index contributed by atoms with van der Waals surface area (Å²) in [5, 5.41) is 3.60. The van der Waals surface area contributed by atoms with Gasteiger partial charge in [-0.2, -0.15) is 0 Å². The maximum Gasteiger partial charge on any atom is 0.251 e. The zero-order valence-corrected chi connectivity index (χ0v) is 14.1. The molecule has 0 aromatic heterocycles. The molecule has 1 aliphatic rings. The van der Waals surface area contributed by atoms with Crippen LogP contribution in [-0.2, 0) is 6.42 Å². The number of amides is 1. The van der Waals surface area contributed by atoms with Crippen molar-refractivity contribution in [3.05, 3.63) is 52.5 Å². The quantitative estimate of drug-likeness (QED) is 0.903. The summed E-state index contributed by atoms with van der Waals surface area (Å²) in [4.78, 5) is 12.4. The third-order valence-electron chi connectivity index (χ3n) is 3.70. The largest absolute Gasteiger partial charge is 0.493 e. The number of ether oxygens (including phenoxy) is 3. The molecule has 6 heteroatoms. The summed E-state index contributed by atoms with van der Waals surface area (Å²) in [5.41, 5.74) is 1.59. The molecule has 1 amide bonds. The van der Waals surface area contributed by atoms with Gasteiger partial charge in [0.1, 0.15) is 13.2 Å². The van der Waals surface area contributed by atoms with E-state index in [-0.39, 0.29) is 5.91 Å². The third kappa shape index (κ3) is 3.74. The van der Waals surface area contributed by atoms with E-state index in [0.29, 0.717) is 47.6 Å². The highest BCUT2D eigenvalue weighted by atomic mass is 35.5. The van der Waals surface area contributed by atoms with Crippen LogP contribution in [0.25, 0.3) is 0 Å². The Morgan fingerprint density at radius 3 is 2.71 bits per heavy atom. The molecule has 0 spiro atoms. The van der Waals surface area contributed by atoms with Gasteiger partial charge in [-0.1, -0.05) is 23.7 Å². The molecule has 2 aromatic rings. The first kappa shape index (κ1) is 16.5. The molecule has 1 aliphatic heterocycles. The number of benzene rings is 2. The zero-order valence-electron chi connectivity index (χ0n) is 13.3. The smallest absolute Gasteiger partial charge is 0.251 e. The Morgan fingerprint density at radius 1 is 1.21 bits per heavy atom. The van der Waals surface area contributed by atoms with E-state index in [2.05, 4.69) is 5.32 Å². The minimum atomic E-state index is -0.181. The van der Waals surface area contributed by atoms with Crippen molar-refractivity contribution in [2.75, 3.05) is 26.9 Å². The molecule has 5 nitrogen and oxygen atoms in total. The molecule has 0 fully saturated rings. The first-order valence-corrected chi connectivity index (χ1v) is 8.05. The highest BCUT2D eigenvalue weighted by molar-refractivity contribution is 6.30. The van der Waals surface area contributed by atoms with Crippen molar-refractivity contribution in [2.45, 2.75) is 6.42 Å². The van der Waals surface area contributed by atoms with Gasteiger partial charge in [0.2, 0.25) is 5.75 Å². The number of hydrogen-bond acceptors (Lipinski definition) is 4. The fraction of sp³-hybridized carbons (Fsp3) is 0.278.